The molecule has 0 atom stereocenters. The van der Waals surface area contributed by atoms with Crippen LogP contribution in [0.25, 0.3) is 22.3 Å². The van der Waals surface area contributed by atoms with Crippen LogP contribution in [0.15, 0.2) is 48.4 Å². The molecule has 0 aliphatic rings. The van der Waals surface area contributed by atoms with Gasteiger partial charge in [-0.15, -0.1) is 0 Å². The van der Waals surface area contributed by atoms with Gasteiger partial charge in [-0.2, -0.15) is 13.2 Å². The molecule has 156 valence electrons. The molecular weight excluding hydrogens is 401 g/mol. The monoisotopic (exact) mass is 418 g/mol. The van der Waals surface area contributed by atoms with Crippen molar-refractivity contribution in [2.24, 2.45) is 0 Å². The molecule has 0 saturated carbocycles. The second-order valence-corrected chi connectivity index (χ2v) is 6.26. The van der Waals surface area contributed by atoms with E-state index >= 15 is 0 Å². The molecular formula is C20H17F3N4O3. The summed E-state index contributed by atoms with van der Waals surface area (Å²) in [7, 11) is 0. The lowest BCUT2D eigenvalue weighted by atomic mass is 10.1. The zero-order valence-electron chi connectivity index (χ0n) is 16.0. The number of aromatic amines is 1. The number of carbonyl (C=O) groups is 2. The van der Waals surface area contributed by atoms with Gasteiger partial charge in [0.15, 0.2) is 0 Å². The molecule has 0 saturated heterocycles. The van der Waals surface area contributed by atoms with E-state index in [2.05, 4.69) is 20.3 Å². The van der Waals surface area contributed by atoms with E-state index in [0.29, 0.717) is 28.4 Å². The molecule has 2 N–H and O–H groups in total. The van der Waals surface area contributed by atoms with Gasteiger partial charge in [0.05, 0.1) is 23.3 Å². The van der Waals surface area contributed by atoms with Gasteiger partial charge in [-0.05, 0) is 26.0 Å². The number of fused-ring (bicyclic) bond motifs is 1. The molecule has 0 fully saturated rings. The third-order valence-corrected chi connectivity index (χ3v) is 4.16. The predicted molar refractivity (Wildman–Crippen MR) is 104 cm³/mol. The number of hydrogen-bond acceptors (Lipinski definition) is 5. The van der Waals surface area contributed by atoms with E-state index in [-0.39, 0.29) is 17.9 Å². The average molecular weight is 418 g/mol. The number of carbonyl (C=O) groups excluding carboxylic acids is 2. The second-order valence-electron chi connectivity index (χ2n) is 6.26. The fraction of sp³-hybridized carbons (Fsp3) is 0.200. The number of benzene rings is 1. The Morgan fingerprint density at radius 3 is 2.73 bits per heavy atom. The van der Waals surface area contributed by atoms with Gasteiger partial charge in [-0.3, -0.25) is 4.79 Å². The summed E-state index contributed by atoms with van der Waals surface area (Å²) in [6, 6.07) is 6.37. The Balaban J connectivity index is 1.97. The van der Waals surface area contributed by atoms with Crippen molar-refractivity contribution in [2.75, 3.05) is 11.9 Å². The Bertz CT molecular complexity index is 1140. The van der Waals surface area contributed by atoms with Crippen LogP contribution < -0.4 is 5.32 Å². The number of hydrogen-bond donors (Lipinski definition) is 2. The SMILES string of the molecule is CCOC(=O)c1c[nH]c2ncnc(-c3cccc(NC(=O)C=C(C)C(F)(F)F)c3)c12. The first kappa shape index (κ1) is 21.0. The van der Waals surface area contributed by atoms with Crippen molar-refractivity contribution in [3.8, 4) is 11.3 Å². The molecule has 30 heavy (non-hydrogen) atoms. The maximum atomic E-state index is 12.6. The van der Waals surface area contributed by atoms with E-state index in [0.717, 1.165) is 6.92 Å². The smallest absolute Gasteiger partial charge is 0.412 e. The van der Waals surface area contributed by atoms with Crippen LogP contribution in [0.1, 0.15) is 24.2 Å². The Morgan fingerprint density at radius 2 is 2.03 bits per heavy atom. The van der Waals surface area contributed by atoms with E-state index in [1.165, 1.54) is 18.6 Å². The minimum Gasteiger partial charge on any atom is -0.462 e. The fourth-order valence-electron chi connectivity index (χ4n) is 2.75. The molecule has 2 aromatic heterocycles. The normalized spacial score (nSPS) is 12.1. The molecule has 0 spiro atoms. The molecule has 7 nitrogen and oxygen atoms in total. The number of nitrogens with zero attached hydrogens (tertiary/aromatic N) is 2. The van der Waals surface area contributed by atoms with Crippen LogP contribution in [0.2, 0.25) is 0 Å². The number of nitrogens with one attached hydrogen (secondary N) is 2. The molecule has 1 aromatic carbocycles. The maximum absolute atomic E-state index is 12.6. The lowest BCUT2D eigenvalue weighted by Gasteiger charge is -2.09. The zero-order chi connectivity index (χ0) is 21.9. The van der Waals surface area contributed by atoms with Crippen LogP contribution in [0.4, 0.5) is 18.9 Å². The molecule has 3 rings (SSSR count). The highest BCUT2D eigenvalue weighted by Gasteiger charge is 2.30. The number of ether oxygens (including phenoxy) is 1. The van der Waals surface area contributed by atoms with Gasteiger partial charge in [0.1, 0.15) is 12.0 Å². The van der Waals surface area contributed by atoms with Gasteiger partial charge in [-0.25, -0.2) is 14.8 Å². The first-order valence-electron chi connectivity index (χ1n) is 8.86. The molecule has 0 bridgehead atoms. The van der Waals surface area contributed by atoms with Crippen molar-refractivity contribution in [2.45, 2.75) is 20.0 Å². The third kappa shape index (κ3) is 4.48. The number of anilines is 1. The van der Waals surface area contributed by atoms with Crippen molar-refractivity contribution in [3.63, 3.8) is 0 Å². The number of H-pyrrole nitrogens is 1. The van der Waals surface area contributed by atoms with Gasteiger partial charge >= 0.3 is 12.1 Å². The zero-order valence-corrected chi connectivity index (χ0v) is 16.0. The topological polar surface area (TPSA) is 97.0 Å². The summed E-state index contributed by atoms with van der Waals surface area (Å²) in [5.41, 5.74) is 0.856. The summed E-state index contributed by atoms with van der Waals surface area (Å²) < 4.78 is 42.9. The largest absolute Gasteiger partial charge is 0.462 e. The summed E-state index contributed by atoms with van der Waals surface area (Å²) in [6.45, 7) is 2.70. The van der Waals surface area contributed by atoms with Gasteiger partial charge in [-0.1, -0.05) is 12.1 Å². The van der Waals surface area contributed by atoms with Gasteiger partial charge in [0.2, 0.25) is 5.91 Å². The number of allylic oxidation sites excluding steroid dienone is 1. The maximum Gasteiger partial charge on any atom is 0.412 e. The lowest BCUT2D eigenvalue weighted by molar-refractivity contribution is -0.113. The fourth-order valence-corrected chi connectivity index (χ4v) is 2.75. The molecule has 3 aromatic rings. The van der Waals surface area contributed by atoms with Gasteiger partial charge < -0.3 is 15.0 Å². The Morgan fingerprint density at radius 1 is 1.27 bits per heavy atom. The van der Waals surface area contributed by atoms with Crippen LogP contribution >= 0.6 is 0 Å². The van der Waals surface area contributed by atoms with Gasteiger partial charge in [0.25, 0.3) is 0 Å². The first-order valence-corrected chi connectivity index (χ1v) is 8.86. The summed E-state index contributed by atoms with van der Waals surface area (Å²) in [6.07, 6.45) is -1.31. The summed E-state index contributed by atoms with van der Waals surface area (Å²) in [4.78, 5) is 35.4. The van der Waals surface area contributed by atoms with Crippen molar-refractivity contribution < 1.29 is 27.5 Å². The Labute approximate surface area is 169 Å². The van der Waals surface area contributed by atoms with E-state index in [9.17, 15) is 22.8 Å². The van der Waals surface area contributed by atoms with Crippen LogP contribution in [0.3, 0.4) is 0 Å². The van der Waals surface area contributed by atoms with Crippen LogP contribution in [-0.2, 0) is 9.53 Å². The predicted octanol–water partition coefficient (Wildman–Crippen LogP) is 4.25. The van der Waals surface area contributed by atoms with Crippen LogP contribution in [-0.4, -0.2) is 39.6 Å². The number of esters is 1. The van der Waals surface area contributed by atoms with E-state index in [1.807, 2.05) is 0 Å². The third-order valence-electron chi connectivity index (χ3n) is 4.16. The highest BCUT2D eigenvalue weighted by Crippen LogP contribution is 2.30. The number of rotatable bonds is 5. The van der Waals surface area contributed by atoms with Crippen LogP contribution in [0, 0.1) is 0 Å². The molecule has 10 heteroatoms. The molecule has 1 amide bonds. The van der Waals surface area contributed by atoms with Crippen molar-refractivity contribution in [3.05, 3.63) is 54.0 Å². The highest BCUT2D eigenvalue weighted by molar-refractivity contribution is 6.08. The van der Waals surface area contributed by atoms with Gasteiger partial charge in [0, 0.05) is 29.1 Å². The minimum absolute atomic E-state index is 0.195. The second kappa shape index (κ2) is 8.36. The van der Waals surface area contributed by atoms with Crippen molar-refractivity contribution in [1.82, 2.24) is 15.0 Å². The first-order chi connectivity index (χ1) is 14.2. The molecule has 0 unspecified atom stereocenters. The molecule has 0 aliphatic carbocycles. The van der Waals surface area contributed by atoms with Crippen LogP contribution in [0.5, 0.6) is 0 Å². The number of amides is 1. The minimum atomic E-state index is -4.58. The number of alkyl halides is 3. The number of halogens is 3. The molecule has 2 heterocycles. The lowest BCUT2D eigenvalue weighted by Crippen LogP contribution is -2.14. The van der Waals surface area contributed by atoms with Crippen molar-refractivity contribution >= 4 is 28.6 Å². The van der Waals surface area contributed by atoms with E-state index in [4.69, 9.17) is 4.74 Å². The summed E-state index contributed by atoms with van der Waals surface area (Å²) in [5.74, 6) is -1.46. The van der Waals surface area contributed by atoms with E-state index in [1.54, 1.807) is 25.1 Å². The summed E-state index contributed by atoms with van der Waals surface area (Å²) >= 11 is 0. The van der Waals surface area contributed by atoms with Crippen molar-refractivity contribution in [1.29, 1.82) is 0 Å². The Hall–Kier alpha value is -3.69. The molecule has 0 aliphatic heterocycles. The standard InChI is InChI=1S/C20H17F3N4O3/c1-3-30-19(29)14-9-24-18-16(14)17(25-10-26-18)12-5-4-6-13(8-12)27-15(28)7-11(2)20(21,22)23/h4-10H,3H2,1-2H3,(H,27,28)(H,24,25,26). The van der Waals surface area contributed by atoms with E-state index < -0.39 is 23.6 Å². The molecule has 0 radical (unpaired) electrons. The average Bonchev–Trinajstić information content (AvgIpc) is 3.12. The number of aromatic nitrogens is 3. The highest BCUT2D eigenvalue weighted by atomic mass is 19.4. The quantitative estimate of drug-likeness (QED) is 0.477. The Kier molecular flexibility index (Phi) is 5.86. The summed E-state index contributed by atoms with van der Waals surface area (Å²) in [5, 5.41) is 2.83.